The molecule has 0 fully saturated rings. The lowest BCUT2D eigenvalue weighted by Crippen LogP contribution is -2.12. The molecule has 0 aromatic heterocycles. The summed E-state index contributed by atoms with van der Waals surface area (Å²) in [5.74, 6) is -0.207. The van der Waals surface area contributed by atoms with Gasteiger partial charge in [0.15, 0.2) is 0 Å². The van der Waals surface area contributed by atoms with E-state index in [1.54, 1.807) is 31.2 Å². The van der Waals surface area contributed by atoms with Crippen molar-refractivity contribution < 1.29 is 9.90 Å². The number of hydrogen-bond donors (Lipinski definition) is 2. The van der Waals surface area contributed by atoms with Crippen LogP contribution in [0.25, 0.3) is 0 Å². The van der Waals surface area contributed by atoms with Gasteiger partial charge in [0, 0.05) is 14.6 Å². The molecule has 2 aromatic carbocycles. The number of amides is 1. The van der Waals surface area contributed by atoms with Gasteiger partial charge in [-0.3, -0.25) is 4.79 Å². The molecule has 5 heteroatoms. The van der Waals surface area contributed by atoms with Gasteiger partial charge in [-0.05, 0) is 58.7 Å². The van der Waals surface area contributed by atoms with E-state index in [1.807, 2.05) is 18.2 Å². The molecule has 0 spiro atoms. The van der Waals surface area contributed by atoms with Crippen molar-refractivity contribution in [2.24, 2.45) is 0 Å². The normalized spacial score (nSPS) is 12.0. The molecule has 0 heterocycles. The van der Waals surface area contributed by atoms with Crippen LogP contribution in [-0.2, 0) is 0 Å². The van der Waals surface area contributed by atoms with Gasteiger partial charge in [-0.15, -0.1) is 0 Å². The summed E-state index contributed by atoms with van der Waals surface area (Å²) in [7, 11) is 0. The first-order chi connectivity index (χ1) is 9.47. The third kappa shape index (κ3) is 3.69. The summed E-state index contributed by atoms with van der Waals surface area (Å²) in [6.45, 7) is 1.69. The first kappa shape index (κ1) is 15.2. The van der Waals surface area contributed by atoms with Crippen molar-refractivity contribution in [3.63, 3.8) is 0 Å². The summed E-state index contributed by atoms with van der Waals surface area (Å²) in [5, 5.41) is 12.4. The maximum atomic E-state index is 12.2. The predicted octanol–water partition coefficient (Wildman–Crippen LogP) is 4.52. The highest BCUT2D eigenvalue weighted by atomic mass is 79.9. The molecule has 0 saturated carbocycles. The van der Waals surface area contributed by atoms with E-state index >= 15 is 0 Å². The van der Waals surface area contributed by atoms with E-state index in [4.69, 9.17) is 0 Å². The number of hydrogen-bond acceptors (Lipinski definition) is 2. The van der Waals surface area contributed by atoms with Gasteiger partial charge in [0.05, 0.1) is 11.7 Å². The Hall–Kier alpha value is -1.17. The zero-order valence-corrected chi connectivity index (χ0v) is 13.9. The van der Waals surface area contributed by atoms with Crippen LogP contribution < -0.4 is 5.32 Å². The molecular weight excluding hydrogens is 386 g/mol. The Balaban J connectivity index is 2.23. The smallest absolute Gasteiger partial charge is 0.256 e. The van der Waals surface area contributed by atoms with Crippen LogP contribution in [0.2, 0.25) is 0 Å². The van der Waals surface area contributed by atoms with Crippen molar-refractivity contribution in [2.75, 3.05) is 5.32 Å². The maximum absolute atomic E-state index is 12.2. The van der Waals surface area contributed by atoms with Crippen LogP contribution in [-0.4, -0.2) is 11.0 Å². The SMILES string of the molecule is CC(O)c1cccc(NC(=O)c2cc(Br)ccc2Br)c1. The number of benzene rings is 2. The second kappa shape index (κ2) is 6.52. The zero-order chi connectivity index (χ0) is 14.7. The monoisotopic (exact) mass is 397 g/mol. The van der Waals surface area contributed by atoms with E-state index in [9.17, 15) is 9.90 Å². The number of carbonyl (C=O) groups excluding carboxylic acids is 1. The minimum Gasteiger partial charge on any atom is -0.389 e. The molecular formula is C15H13Br2NO2. The van der Waals surface area contributed by atoms with E-state index in [0.29, 0.717) is 11.3 Å². The zero-order valence-electron chi connectivity index (χ0n) is 10.7. The van der Waals surface area contributed by atoms with E-state index in [1.165, 1.54) is 0 Å². The van der Waals surface area contributed by atoms with Crippen molar-refractivity contribution in [3.05, 3.63) is 62.5 Å². The number of nitrogens with one attached hydrogen (secondary N) is 1. The summed E-state index contributed by atoms with van der Waals surface area (Å²) in [4.78, 5) is 12.2. The Morgan fingerprint density at radius 2 is 1.95 bits per heavy atom. The van der Waals surface area contributed by atoms with Gasteiger partial charge >= 0.3 is 0 Å². The topological polar surface area (TPSA) is 49.3 Å². The predicted molar refractivity (Wildman–Crippen MR) is 86.9 cm³/mol. The molecule has 0 aliphatic heterocycles. The minimum atomic E-state index is -0.565. The highest BCUT2D eigenvalue weighted by Gasteiger charge is 2.11. The van der Waals surface area contributed by atoms with Crippen LogP contribution in [0.3, 0.4) is 0 Å². The number of anilines is 1. The van der Waals surface area contributed by atoms with Crippen molar-refractivity contribution in [1.82, 2.24) is 0 Å². The molecule has 2 N–H and O–H groups in total. The fraction of sp³-hybridized carbons (Fsp3) is 0.133. The Kier molecular flexibility index (Phi) is 4.96. The van der Waals surface area contributed by atoms with Crippen LogP contribution in [0.4, 0.5) is 5.69 Å². The second-order valence-corrected chi connectivity index (χ2v) is 6.15. The van der Waals surface area contributed by atoms with Gasteiger partial charge in [-0.1, -0.05) is 28.1 Å². The van der Waals surface area contributed by atoms with Crippen LogP contribution in [0.1, 0.15) is 28.9 Å². The highest BCUT2D eigenvalue weighted by Crippen LogP contribution is 2.23. The van der Waals surface area contributed by atoms with Crippen LogP contribution in [0, 0.1) is 0 Å². The van der Waals surface area contributed by atoms with Gasteiger partial charge in [-0.25, -0.2) is 0 Å². The lowest BCUT2D eigenvalue weighted by molar-refractivity contribution is 0.102. The van der Waals surface area contributed by atoms with Crippen molar-refractivity contribution in [3.8, 4) is 0 Å². The van der Waals surface area contributed by atoms with Crippen LogP contribution in [0.15, 0.2) is 51.4 Å². The molecule has 0 aliphatic rings. The van der Waals surface area contributed by atoms with Crippen molar-refractivity contribution in [2.45, 2.75) is 13.0 Å². The number of halogens is 2. The molecule has 2 rings (SSSR count). The van der Waals surface area contributed by atoms with Crippen molar-refractivity contribution in [1.29, 1.82) is 0 Å². The quantitative estimate of drug-likeness (QED) is 0.798. The summed E-state index contributed by atoms with van der Waals surface area (Å²) >= 11 is 6.71. The number of carbonyl (C=O) groups is 1. The molecule has 1 unspecified atom stereocenters. The number of aliphatic hydroxyl groups excluding tert-OH is 1. The van der Waals surface area contributed by atoms with E-state index < -0.39 is 6.10 Å². The molecule has 0 aliphatic carbocycles. The van der Waals surface area contributed by atoms with Crippen molar-refractivity contribution >= 4 is 43.5 Å². The standard InChI is InChI=1S/C15H13Br2NO2/c1-9(19)10-3-2-4-12(7-10)18-15(20)13-8-11(16)5-6-14(13)17/h2-9,19H,1H3,(H,18,20). The average molecular weight is 399 g/mol. The Morgan fingerprint density at radius 3 is 2.65 bits per heavy atom. The molecule has 2 aromatic rings. The average Bonchev–Trinajstić information content (AvgIpc) is 2.41. The van der Waals surface area contributed by atoms with Gasteiger partial charge in [0.2, 0.25) is 0 Å². The van der Waals surface area contributed by atoms with Crippen LogP contribution in [0.5, 0.6) is 0 Å². The first-order valence-electron chi connectivity index (χ1n) is 6.02. The fourth-order valence-electron chi connectivity index (χ4n) is 1.75. The van der Waals surface area contributed by atoms with Gasteiger partial charge in [-0.2, -0.15) is 0 Å². The second-order valence-electron chi connectivity index (χ2n) is 4.38. The first-order valence-corrected chi connectivity index (χ1v) is 7.60. The lowest BCUT2D eigenvalue weighted by Gasteiger charge is -2.10. The molecule has 3 nitrogen and oxygen atoms in total. The Morgan fingerprint density at radius 1 is 1.20 bits per heavy atom. The number of aliphatic hydroxyl groups is 1. The molecule has 1 amide bonds. The molecule has 0 radical (unpaired) electrons. The molecule has 1 atom stereocenters. The Labute approximate surface area is 134 Å². The number of rotatable bonds is 3. The maximum Gasteiger partial charge on any atom is 0.256 e. The molecule has 104 valence electrons. The fourth-order valence-corrected chi connectivity index (χ4v) is 2.53. The van der Waals surface area contributed by atoms with Gasteiger partial charge in [0.1, 0.15) is 0 Å². The largest absolute Gasteiger partial charge is 0.389 e. The minimum absolute atomic E-state index is 0.207. The molecule has 20 heavy (non-hydrogen) atoms. The highest BCUT2D eigenvalue weighted by molar-refractivity contribution is 9.11. The van der Waals surface area contributed by atoms with E-state index in [2.05, 4.69) is 37.2 Å². The van der Waals surface area contributed by atoms with E-state index in [-0.39, 0.29) is 5.91 Å². The third-order valence-electron chi connectivity index (χ3n) is 2.80. The third-order valence-corrected chi connectivity index (χ3v) is 3.98. The van der Waals surface area contributed by atoms with Gasteiger partial charge < -0.3 is 10.4 Å². The lowest BCUT2D eigenvalue weighted by atomic mass is 10.1. The Bertz CT molecular complexity index is 642. The van der Waals surface area contributed by atoms with Gasteiger partial charge in [0.25, 0.3) is 5.91 Å². The molecule has 0 saturated heterocycles. The molecule has 0 bridgehead atoms. The summed E-state index contributed by atoms with van der Waals surface area (Å²) in [6.07, 6.45) is -0.565. The summed E-state index contributed by atoms with van der Waals surface area (Å²) in [5.41, 5.74) is 1.96. The van der Waals surface area contributed by atoms with Crippen LogP contribution >= 0.6 is 31.9 Å². The summed E-state index contributed by atoms with van der Waals surface area (Å²) in [6, 6.07) is 12.6. The summed E-state index contributed by atoms with van der Waals surface area (Å²) < 4.78 is 1.56. The van der Waals surface area contributed by atoms with E-state index in [0.717, 1.165) is 14.5 Å².